The zero-order chi connectivity index (χ0) is 13.2. The van der Waals surface area contributed by atoms with Gasteiger partial charge < -0.3 is 5.73 Å². The molecular weight excluding hydrogens is 258 g/mol. The van der Waals surface area contributed by atoms with E-state index in [1.807, 2.05) is 47.8 Å². The number of nitrogens with two attached hydrogens (primary N) is 1. The molecule has 0 saturated heterocycles. The zero-order valence-corrected chi connectivity index (χ0v) is 11.0. The highest BCUT2D eigenvalue weighted by Gasteiger charge is 2.32. The van der Waals surface area contributed by atoms with Crippen LogP contribution in [-0.4, -0.2) is 17.7 Å². The SMILES string of the molecule is NC(=O)C1CC(c2cccs2)=NN1c1ccccc1. The lowest BCUT2D eigenvalue weighted by Gasteiger charge is -2.20. The van der Waals surface area contributed by atoms with Gasteiger partial charge in [0.2, 0.25) is 5.91 Å². The molecule has 19 heavy (non-hydrogen) atoms. The molecule has 4 nitrogen and oxygen atoms in total. The standard InChI is InChI=1S/C14H13N3OS/c15-14(18)12-9-11(13-7-4-8-19-13)16-17(12)10-5-2-1-3-6-10/h1-8,12H,9H2,(H2,15,18). The van der Waals surface area contributed by atoms with Crippen molar-refractivity contribution in [2.24, 2.45) is 10.8 Å². The van der Waals surface area contributed by atoms with Crippen LogP contribution in [0.3, 0.4) is 0 Å². The van der Waals surface area contributed by atoms with Crippen LogP contribution in [0.4, 0.5) is 5.69 Å². The van der Waals surface area contributed by atoms with E-state index in [0.29, 0.717) is 6.42 Å². The van der Waals surface area contributed by atoms with Crippen LogP contribution in [0.25, 0.3) is 0 Å². The summed E-state index contributed by atoms with van der Waals surface area (Å²) in [5.74, 6) is -0.348. The van der Waals surface area contributed by atoms with Crippen LogP contribution in [0.2, 0.25) is 0 Å². The van der Waals surface area contributed by atoms with Crippen LogP contribution in [0.15, 0.2) is 52.9 Å². The molecule has 0 saturated carbocycles. The molecule has 2 aromatic rings. The first kappa shape index (κ1) is 11.9. The lowest BCUT2D eigenvalue weighted by molar-refractivity contribution is -0.119. The first-order valence-electron chi connectivity index (χ1n) is 6.00. The Labute approximate surface area is 115 Å². The topological polar surface area (TPSA) is 58.7 Å². The number of thiophene rings is 1. The number of hydrazone groups is 1. The monoisotopic (exact) mass is 271 g/mol. The Hall–Kier alpha value is -2.14. The molecule has 1 aliphatic heterocycles. The lowest BCUT2D eigenvalue weighted by atomic mass is 10.1. The van der Waals surface area contributed by atoms with E-state index in [9.17, 15) is 4.79 Å². The van der Waals surface area contributed by atoms with E-state index in [0.717, 1.165) is 16.3 Å². The third-order valence-corrected chi connectivity index (χ3v) is 3.98. The van der Waals surface area contributed by atoms with Crippen molar-refractivity contribution in [1.82, 2.24) is 0 Å². The van der Waals surface area contributed by atoms with Gasteiger partial charge in [0.1, 0.15) is 6.04 Å². The van der Waals surface area contributed by atoms with Crippen LogP contribution in [0.1, 0.15) is 11.3 Å². The van der Waals surface area contributed by atoms with Gasteiger partial charge in [-0.2, -0.15) is 5.10 Å². The minimum Gasteiger partial charge on any atom is -0.368 e. The van der Waals surface area contributed by atoms with Gasteiger partial charge in [-0.15, -0.1) is 11.3 Å². The van der Waals surface area contributed by atoms with Gasteiger partial charge in [0, 0.05) is 6.42 Å². The van der Waals surface area contributed by atoms with Gasteiger partial charge in [-0.05, 0) is 23.6 Å². The van der Waals surface area contributed by atoms with Crippen molar-refractivity contribution in [1.29, 1.82) is 0 Å². The number of hydrogen-bond donors (Lipinski definition) is 1. The molecule has 1 aliphatic rings. The molecular formula is C14H13N3OS. The molecule has 1 amide bonds. The summed E-state index contributed by atoms with van der Waals surface area (Å²) >= 11 is 1.62. The number of hydrogen-bond acceptors (Lipinski definition) is 4. The molecule has 96 valence electrons. The normalized spacial score (nSPS) is 18.4. The zero-order valence-electron chi connectivity index (χ0n) is 10.2. The van der Waals surface area contributed by atoms with Gasteiger partial charge in [-0.3, -0.25) is 9.80 Å². The summed E-state index contributed by atoms with van der Waals surface area (Å²) in [4.78, 5) is 12.7. The number of carbonyl (C=O) groups excluding carboxylic acids is 1. The van der Waals surface area contributed by atoms with Crippen LogP contribution >= 0.6 is 11.3 Å². The number of primary amides is 1. The Morgan fingerprint density at radius 1 is 1.26 bits per heavy atom. The second-order valence-electron chi connectivity index (χ2n) is 4.33. The second kappa shape index (κ2) is 4.85. The Balaban J connectivity index is 1.97. The predicted molar refractivity (Wildman–Crippen MR) is 77.4 cm³/mol. The van der Waals surface area contributed by atoms with Crippen molar-refractivity contribution in [2.75, 3.05) is 5.01 Å². The minimum atomic E-state index is -0.403. The highest BCUT2D eigenvalue weighted by Crippen LogP contribution is 2.27. The Kier molecular flexibility index (Phi) is 3.05. The average molecular weight is 271 g/mol. The summed E-state index contributed by atoms with van der Waals surface area (Å²) in [6, 6.07) is 13.2. The van der Waals surface area contributed by atoms with Gasteiger partial charge >= 0.3 is 0 Å². The lowest BCUT2D eigenvalue weighted by Crippen LogP contribution is -2.39. The number of para-hydroxylation sites is 1. The Morgan fingerprint density at radius 2 is 2.05 bits per heavy atom. The average Bonchev–Trinajstić information content (AvgIpc) is 3.08. The molecule has 1 atom stereocenters. The Morgan fingerprint density at radius 3 is 2.68 bits per heavy atom. The van der Waals surface area contributed by atoms with E-state index in [4.69, 9.17) is 5.73 Å². The number of amides is 1. The maximum Gasteiger partial charge on any atom is 0.242 e. The number of anilines is 1. The largest absolute Gasteiger partial charge is 0.368 e. The molecule has 0 radical (unpaired) electrons. The molecule has 1 aromatic carbocycles. The van der Waals surface area contributed by atoms with E-state index in [-0.39, 0.29) is 5.91 Å². The van der Waals surface area contributed by atoms with Crippen molar-refractivity contribution in [2.45, 2.75) is 12.5 Å². The maximum atomic E-state index is 11.6. The quantitative estimate of drug-likeness (QED) is 0.930. The molecule has 2 N–H and O–H groups in total. The Bertz CT molecular complexity index is 607. The molecule has 0 spiro atoms. The highest BCUT2D eigenvalue weighted by atomic mass is 32.1. The molecule has 1 unspecified atom stereocenters. The summed E-state index contributed by atoms with van der Waals surface area (Å²) in [6.07, 6.45) is 0.560. The first-order chi connectivity index (χ1) is 9.25. The molecule has 0 bridgehead atoms. The maximum absolute atomic E-state index is 11.6. The molecule has 1 aromatic heterocycles. The fourth-order valence-electron chi connectivity index (χ4n) is 2.14. The molecule has 3 rings (SSSR count). The number of nitrogens with zero attached hydrogens (tertiary/aromatic N) is 2. The molecule has 0 aliphatic carbocycles. The van der Waals surface area contributed by atoms with Gasteiger partial charge in [-0.25, -0.2) is 0 Å². The summed E-state index contributed by atoms with van der Waals surface area (Å²) in [5.41, 5.74) is 7.30. The van der Waals surface area contributed by atoms with Crippen molar-refractivity contribution in [3.05, 3.63) is 52.7 Å². The fourth-order valence-corrected chi connectivity index (χ4v) is 2.86. The van der Waals surface area contributed by atoms with Crippen LogP contribution in [0.5, 0.6) is 0 Å². The van der Waals surface area contributed by atoms with Crippen molar-refractivity contribution in [3.63, 3.8) is 0 Å². The van der Waals surface area contributed by atoms with Gasteiger partial charge in [0.25, 0.3) is 0 Å². The van der Waals surface area contributed by atoms with Gasteiger partial charge in [0.15, 0.2) is 0 Å². The van der Waals surface area contributed by atoms with E-state index < -0.39 is 6.04 Å². The fraction of sp³-hybridized carbons (Fsp3) is 0.143. The van der Waals surface area contributed by atoms with Gasteiger partial charge in [0.05, 0.1) is 16.3 Å². The van der Waals surface area contributed by atoms with Crippen LogP contribution in [-0.2, 0) is 4.79 Å². The first-order valence-corrected chi connectivity index (χ1v) is 6.88. The third-order valence-electron chi connectivity index (χ3n) is 3.07. The number of benzene rings is 1. The van der Waals surface area contributed by atoms with Crippen molar-refractivity contribution >= 4 is 28.6 Å². The van der Waals surface area contributed by atoms with E-state index >= 15 is 0 Å². The van der Waals surface area contributed by atoms with E-state index in [1.165, 1.54) is 0 Å². The smallest absolute Gasteiger partial charge is 0.242 e. The number of carbonyl (C=O) groups is 1. The number of rotatable bonds is 3. The van der Waals surface area contributed by atoms with E-state index in [1.54, 1.807) is 16.3 Å². The summed E-state index contributed by atoms with van der Waals surface area (Å²) < 4.78 is 0. The van der Waals surface area contributed by atoms with Gasteiger partial charge in [-0.1, -0.05) is 24.3 Å². The van der Waals surface area contributed by atoms with E-state index in [2.05, 4.69) is 5.10 Å². The molecule has 2 heterocycles. The summed E-state index contributed by atoms with van der Waals surface area (Å²) in [6.45, 7) is 0. The minimum absolute atomic E-state index is 0.348. The van der Waals surface area contributed by atoms with Crippen LogP contribution < -0.4 is 10.7 Å². The van der Waals surface area contributed by atoms with Crippen LogP contribution in [0, 0.1) is 0 Å². The molecule has 5 heteroatoms. The molecule has 0 fully saturated rings. The van der Waals surface area contributed by atoms with Crippen molar-refractivity contribution < 1.29 is 4.79 Å². The predicted octanol–water partition coefficient (Wildman–Crippen LogP) is 2.22. The van der Waals surface area contributed by atoms with Crippen molar-refractivity contribution in [3.8, 4) is 0 Å². The summed E-state index contributed by atoms with van der Waals surface area (Å²) in [5, 5.41) is 8.28. The third kappa shape index (κ3) is 2.24. The summed E-state index contributed by atoms with van der Waals surface area (Å²) in [7, 11) is 0. The second-order valence-corrected chi connectivity index (χ2v) is 5.27. The highest BCUT2D eigenvalue weighted by molar-refractivity contribution is 7.12.